The lowest BCUT2D eigenvalue weighted by Crippen LogP contribution is -2.41. The Bertz CT molecular complexity index is 951. The van der Waals surface area contributed by atoms with Gasteiger partial charge in [-0.25, -0.2) is 0 Å². The Morgan fingerprint density at radius 1 is 1.14 bits per heavy atom. The number of carbonyl (C=O) groups excluding carboxylic acids is 1. The van der Waals surface area contributed by atoms with Crippen LogP contribution in [0.15, 0.2) is 53.8 Å². The third kappa shape index (κ3) is 4.69. The van der Waals surface area contributed by atoms with E-state index in [1.165, 1.54) is 11.8 Å². The van der Waals surface area contributed by atoms with Crippen molar-refractivity contribution in [1.29, 1.82) is 0 Å². The van der Waals surface area contributed by atoms with Crippen LogP contribution in [0.3, 0.4) is 0 Å². The zero-order valence-electron chi connectivity index (χ0n) is 16.3. The van der Waals surface area contributed by atoms with Gasteiger partial charge in [0, 0.05) is 11.7 Å². The molecule has 0 aliphatic heterocycles. The predicted octanol–water partition coefficient (Wildman–Crippen LogP) is 3.34. The average molecular weight is 398 g/mol. The number of thioether (sulfide) groups is 1. The van der Waals surface area contributed by atoms with E-state index in [2.05, 4.69) is 20.5 Å². The number of rotatable bonds is 6. The molecule has 0 fully saturated rings. The van der Waals surface area contributed by atoms with E-state index in [4.69, 9.17) is 4.74 Å². The number of ether oxygens (including phenoxy) is 1. The summed E-state index contributed by atoms with van der Waals surface area (Å²) in [5.41, 5.74) is 1.19. The molecule has 1 aromatic carbocycles. The molecule has 2 heterocycles. The molecule has 0 saturated heterocycles. The van der Waals surface area contributed by atoms with E-state index in [0.717, 1.165) is 5.69 Å². The van der Waals surface area contributed by atoms with E-state index in [1.54, 1.807) is 13.3 Å². The number of nitrogens with one attached hydrogen (secondary N) is 1. The van der Waals surface area contributed by atoms with Gasteiger partial charge in [0.25, 0.3) is 0 Å². The van der Waals surface area contributed by atoms with Crippen LogP contribution < -0.4 is 10.1 Å². The summed E-state index contributed by atoms with van der Waals surface area (Å²) < 4.78 is 7.39. The fraction of sp³-hybridized carbons (Fsp3) is 0.300. The van der Waals surface area contributed by atoms with Crippen LogP contribution in [0.4, 0.5) is 0 Å². The Morgan fingerprint density at radius 3 is 2.57 bits per heavy atom. The monoisotopic (exact) mass is 397 g/mol. The number of benzene rings is 1. The van der Waals surface area contributed by atoms with Gasteiger partial charge in [-0.05, 0) is 45.0 Å². The highest BCUT2D eigenvalue weighted by Crippen LogP contribution is 2.31. The number of para-hydroxylation sites is 2. The predicted molar refractivity (Wildman–Crippen MR) is 110 cm³/mol. The molecule has 3 aromatic rings. The van der Waals surface area contributed by atoms with Gasteiger partial charge in [0.2, 0.25) is 5.91 Å². The maximum Gasteiger partial charge on any atom is 0.230 e. The molecule has 146 valence electrons. The topological polar surface area (TPSA) is 81.9 Å². The van der Waals surface area contributed by atoms with E-state index in [0.29, 0.717) is 22.4 Å². The fourth-order valence-electron chi connectivity index (χ4n) is 2.64. The molecule has 28 heavy (non-hydrogen) atoms. The van der Waals surface area contributed by atoms with Crippen molar-refractivity contribution >= 4 is 17.7 Å². The third-order valence-corrected chi connectivity index (χ3v) is 4.63. The molecule has 0 saturated carbocycles. The van der Waals surface area contributed by atoms with Crippen LogP contribution in [0.25, 0.3) is 17.2 Å². The summed E-state index contributed by atoms with van der Waals surface area (Å²) in [7, 11) is 1.62. The molecule has 0 aliphatic carbocycles. The quantitative estimate of drug-likeness (QED) is 0.643. The van der Waals surface area contributed by atoms with Crippen LogP contribution in [0.1, 0.15) is 20.8 Å². The van der Waals surface area contributed by atoms with Crippen molar-refractivity contribution in [2.45, 2.75) is 31.5 Å². The smallest absolute Gasteiger partial charge is 0.230 e. The van der Waals surface area contributed by atoms with Crippen LogP contribution in [-0.4, -0.2) is 44.1 Å². The van der Waals surface area contributed by atoms with Gasteiger partial charge in [-0.1, -0.05) is 30.0 Å². The second-order valence-corrected chi connectivity index (χ2v) is 8.06. The highest BCUT2D eigenvalue weighted by molar-refractivity contribution is 7.99. The van der Waals surface area contributed by atoms with E-state index in [1.807, 2.05) is 67.8 Å². The van der Waals surface area contributed by atoms with Crippen molar-refractivity contribution in [1.82, 2.24) is 25.1 Å². The molecule has 1 amide bonds. The maximum atomic E-state index is 12.3. The summed E-state index contributed by atoms with van der Waals surface area (Å²) >= 11 is 1.32. The lowest BCUT2D eigenvalue weighted by Gasteiger charge is -2.20. The minimum absolute atomic E-state index is 0.0635. The summed E-state index contributed by atoms with van der Waals surface area (Å²) in [4.78, 5) is 16.6. The number of hydrogen-bond donors (Lipinski definition) is 1. The Labute approximate surface area is 168 Å². The SMILES string of the molecule is COc1ccccc1-n1c(SCC(=O)NC(C)(C)C)nnc1-c1ccccn1. The maximum absolute atomic E-state index is 12.3. The molecular weight excluding hydrogens is 374 g/mol. The number of carbonyl (C=O) groups is 1. The lowest BCUT2D eigenvalue weighted by atomic mass is 10.1. The first-order valence-corrected chi connectivity index (χ1v) is 9.81. The van der Waals surface area contributed by atoms with Crippen molar-refractivity contribution in [3.8, 4) is 23.0 Å². The van der Waals surface area contributed by atoms with Crippen LogP contribution >= 0.6 is 11.8 Å². The lowest BCUT2D eigenvalue weighted by molar-refractivity contribution is -0.119. The molecule has 0 bridgehead atoms. The number of hydrogen-bond acceptors (Lipinski definition) is 6. The molecule has 0 radical (unpaired) electrons. The molecule has 2 aromatic heterocycles. The van der Waals surface area contributed by atoms with Crippen LogP contribution in [0, 0.1) is 0 Å². The van der Waals surface area contributed by atoms with Crippen molar-refractivity contribution in [2.24, 2.45) is 0 Å². The molecular formula is C20H23N5O2S. The fourth-order valence-corrected chi connectivity index (χ4v) is 3.39. The number of methoxy groups -OCH3 is 1. The van der Waals surface area contributed by atoms with Gasteiger partial charge in [-0.3, -0.25) is 14.3 Å². The Kier molecular flexibility index (Phi) is 5.99. The van der Waals surface area contributed by atoms with Gasteiger partial charge in [0.05, 0.1) is 18.6 Å². The van der Waals surface area contributed by atoms with Gasteiger partial charge >= 0.3 is 0 Å². The molecule has 0 unspecified atom stereocenters. The first-order chi connectivity index (χ1) is 13.4. The summed E-state index contributed by atoms with van der Waals surface area (Å²) in [6.45, 7) is 5.85. The first kappa shape index (κ1) is 19.9. The van der Waals surface area contributed by atoms with Gasteiger partial charge in [0.15, 0.2) is 11.0 Å². The van der Waals surface area contributed by atoms with E-state index in [9.17, 15) is 4.79 Å². The summed E-state index contributed by atoms with van der Waals surface area (Å²) in [5, 5.41) is 12.2. The molecule has 0 spiro atoms. The Hall–Kier alpha value is -2.87. The molecule has 7 nitrogen and oxygen atoms in total. The zero-order valence-corrected chi connectivity index (χ0v) is 17.2. The Balaban J connectivity index is 1.99. The molecule has 0 aliphatic rings. The van der Waals surface area contributed by atoms with Crippen molar-refractivity contribution in [3.05, 3.63) is 48.7 Å². The standard InChI is InChI=1S/C20H23N5O2S/c1-20(2,3)22-17(26)13-28-19-24-23-18(14-9-7-8-12-21-14)25(19)15-10-5-6-11-16(15)27-4/h5-12H,13H2,1-4H3,(H,22,26). The minimum Gasteiger partial charge on any atom is -0.495 e. The van der Waals surface area contributed by atoms with Crippen molar-refractivity contribution in [3.63, 3.8) is 0 Å². The number of pyridine rings is 1. The van der Waals surface area contributed by atoms with Gasteiger partial charge in [-0.15, -0.1) is 10.2 Å². The zero-order chi connectivity index (χ0) is 20.1. The Morgan fingerprint density at radius 2 is 1.89 bits per heavy atom. The normalized spacial score (nSPS) is 11.3. The van der Waals surface area contributed by atoms with E-state index in [-0.39, 0.29) is 17.2 Å². The van der Waals surface area contributed by atoms with E-state index < -0.39 is 0 Å². The molecule has 1 N–H and O–H groups in total. The first-order valence-electron chi connectivity index (χ1n) is 8.83. The third-order valence-electron chi connectivity index (χ3n) is 3.70. The summed E-state index contributed by atoms with van der Waals surface area (Å²) in [6.07, 6.45) is 1.71. The van der Waals surface area contributed by atoms with Gasteiger partial charge in [-0.2, -0.15) is 0 Å². The number of nitrogens with zero attached hydrogens (tertiary/aromatic N) is 4. The minimum atomic E-state index is -0.285. The highest BCUT2D eigenvalue weighted by atomic mass is 32.2. The highest BCUT2D eigenvalue weighted by Gasteiger charge is 2.21. The summed E-state index contributed by atoms with van der Waals surface area (Å²) in [6, 6.07) is 13.2. The van der Waals surface area contributed by atoms with Crippen LogP contribution in [0.2, 0.25) is 0 Å². The molecule has 8 heteroatoms. The van der Waals surface area contributed by atoms with Crippen molar-refractivity contribution in [2.75, 3.05) is 12.9 Å². The molecule has 3 rings (SSSR count). The van der Waals surface area contributed by atoms with Crippen molar-refractivity contribution < 1.29 is 9.53 Å². The largest absolute Gasteiger partial charge is 0.495 e. The number of aromatic nitrogens is 4. The van der Waals surface area contributed by atoms with Crippen LogP contribution in [0.5, 0.6) is 5.75 Å². The van der Waals surface area contributed by atoms with Crippen LogP contribution in [-0.2, 0) is 4.79 Å². The summed E-state index contributed by atoms with van der Waals surface area (Å²) in [5.74, 6) is 1.43. The van der Waals surface area contributed by atoms with E-state index >= 15 is 0 Å². The average Bonchev–Trinajstić information content (AvgIpc) is 3.09. The second kappa shape index (κ2) is 8.43. The second-order valence-electron chi connectivity index (χ2n) is 7.12. The number of amides is 1. The van der Waals surface area contributed by atoms with Gasteiger partial charge in [0.1, 0.15) is 11.4 Å². The van der Waals surface area contributed by atoms with Gasteiger partial charge < -0.3 is 10.1 Å². The molecule has 0 atom stereocenters.